The molecule has 4 rings (SSSR count). The molecule has 29 heavy (non-hydrogen) atoms. The number of nitrogens with one attached hydrogen (secondary N) is 1. The van der Waals surface area contributed by atoms with Crippen LogP contribution in [0, 0.1) is 5.82 Å². The quantitative estimate of drug-likeness (QED) is 0.374. The van der Waals surface area contributed by atoms with Gasteiger partial charge in [-0.3, -0.25) is 4.79 Å². The smallest absolute Gasteiger partial charge is 0.248 e. The van der Waals surface area contributed by atoms with Gasteiger partial charge in [0.2, 0.25) is 11.8 Å². The van der Waals surface area contributed by atoms with Gasteiger partial charge in [-0.15, -0.1) is 0 Å². The summed E-state index contributed by atoms with van der Waals surface area (Å²) < 4.78 is 19.6. The Morgan fingerprint density at radius 1 is 1.07 bits per heavy atom. The highest BCUT2D eigenvalue weighted by Gasteiger charge is 2.12. The first-order chi connectivity index (χ1) is 14.0. The molecule has 4 aromatic rings. The minimum atomic E-state index is -0.418. The molecule has 0 bridgehead atoms. The van der Waals surface area contributed by atoms with Crippen molar-refractivity contribution in [1.82, 2.24) is 4.98 Å². The van der Waals surface area contributed by atoms with E-state index in [1.54, 1.807) is 60.7 Å². The van der Waals surface area contributed by atoms with Gasteiger partial charge in [-0.05, 0) is 54.1 Å². The fourth-order valence-electron chi connectivity index (χ4n) is 2.74. The second-order valence-corrected chi connectivity index (χ2v) is 7.01. The van der Waals surface area contributed by atoms with E-state index < -0.39 is 5.82 Å². The second-order valence-electron chi connectivity index (χ2n) is 6.17. The predicted molar refractivity (Wildman–Crippen MR) is 114 cm³/mol. The van der Waals surface area contributed by atoms with Crippen LogP contribution in [0.1, 0.15) is 5.56 Å². The van der Waals surface area contributed by atoms with Crippen molar-refractivity contribution in [1.29, 1.82) is 0 Å². The van der Waals surface area contributed by atoms with Crippen molar-refractivity contribution >= 4 is 52.0 Å². The first-order valence-electron chi connectivity index (χ1n) is 8.59. The Morgan fingerprint density at radius 3 is 2.69 bits per heavy atom. The zero-order valence-electron chi connectivity index (χ0n) is 14.8. The number of hydrogen-bond donors (Lipinski definition) is 1. The summed E-state index contributed by atoms with van der Waals surface area (Å²) in [7, 11) is 0. The third-order valence-corrected chi connectivity index (χ3v) is 4.70. The van der Waals surface area contributed by atoms with E-state index in [2.05, 4.69) is 10.3 Å². The Hall–Kier alpha value is -3.15. The van der Waals surface area contributed by atoms with Crippen LogP contribution in [0.3, 0.4) is 0 Å². The van der Waals surface area contributed by atoms with Crippen molar-refractivity contribution in [3.8, 4) is 11.5 Å². The van der Waals surface area contributed by atoms with Gasteiger partial charge in [0.25, 0.3) is 0 Å². The fourth-order valence-corrected chi connectivity index (χ4v) is 3.21. The number of fused-ring (bicyclic) bond motifs is 1. The van der Waals surface area contributed by atoms with E-state index in [1.165, 1.54) is 12.1 Å². The van der Waals surface area contributed by atoms with Gasteiger partial charge in [0, 0.05) is 21.8 Å². The van der Waals surface area contributed by atoms with Gasteiger partial charge in [-0.25, -0.2) is 9.37 Å². The van der Waals surface area contributed by atoms with Gasteiger partial charge >= 0.3 is 0 Å². The van der Waals surface area contributed by atoms with Crippen LogP contribution >= 0.6 is 23.2 Å². The van der Waals surface area contributed by atoms with Crippen molar-refractivity contribution in [2.75, 3.05) is 5.32 Å². The highest BCUT2D eigenvalue weighted by atomic mass is 35.5. The number of oxazole rings is 1. The predicted octanol–water partition coefficient (Wildman–Crippen LogP) is 6.59. The molecule has 0 aliphatic carbocycles. The Morgan fingerprint density at radius 2 is 1.90 bits per heavy atom. The topological polar surface area (TPSA) is 55.1 Å². The average molecular weight is 427 g/mol. The Kier molecular flexibility index (Phi) is 5.34. The first kappa shape index (κ1) is 19.2. The van der Waals surface area contributed by atoms with Gasteiger partial charge in [-0.2, -0.15) is 0 Å². The van der Waals surface area contributed by atoms with Gasteiger partial charge in [-0.1, -0.05) is 41.4 Å². The van der Waals surface area contributed by atoms with Crippen LogP contribution in [-0.4, -0.2) is 10.9 Å². The fraction of sp³-hybridized carbons (Fsp3) is 0. The second kappa shape index (κ2) is 8.07. The normalized spacial score (nSPS) is 11.3. The number of nitrogens with zero attached hydrogens (tertiary/aromatic N) is 1. The lowest BCUT2D eigenvalue weighted by Crippen LogP contribution is -2.07. The molecule has 0 radical (unpaired) electrons. The lowest BCUT2D eigenvalue weighted by Gasteiger charge is -2.02. The highest BCUT2D eigenvalue weighted by Crippen LogP contribution is 2.28. The lowest BCUT2D eigenvalue weighted by molar-refractivity contribution is -0.111. The van der Waals surface area contributed by atoms with Crippen molar-refractivity contribution < 1.29 is 13.6 Å². The molecular weight excluding hydrogens is 414 g/mol. The van der Waals surface area contributed by atoms with Crippen LogP contribution < -0.4 is 5.32 Å². The molecule has 144 valence electrons. The molecular formula is C22H13Cl2FN2O2. The number of amides is 1. The zero-order valence-corrected chi connectivity index (χ0v) is 16.3. The summed E-state index contributed by atoms with van der Waals surface area (Å²) in [6, 6.07) is 16.3. The van der Waals surface area contributed by atoms with Crippen molar-refractivity contribution in [3.63, 3.8) is 0 Å². The highest BCUT2D eigenvalue weighted by molar-refractivity contribution is 6.35. The summed E-state index contributed by atoms with van der Waals surface area (Å²) in [6.45, 7) is 0. The SMILES string of the molecule is O=C(/C=C\c1ccc(Cl)cc1Cl)Nc1ccc2oc(-c3ccccc3F)nc2c1. The van der Waals surface area contributed by atoms with Gasteiger partial charge in [0.1, 0.15) is 11.3 Å². The Labute approximate surface area is 175 Å². The largest absolute Gasteiger partial charge is 0.436 e. The summed E-state index contributed by atoms with van der Waals surface area (Å²) in [5, 5.41) is 3.72. The lowest BCUT2D eigenvalue weighted by atomic mass is 10.2. The van der Waals surface area contributed by atoms with Crippen molar-refractivity contribution in [3.05, 3.63) is 88.2 Å². The molecule has 0 fully saturated rings. The number of halogens is 3. The number of carbonyl (C=O) groups excluding carboxylic acids is 1. The van der Waals surface area contributed by atoms with Crippen LogP contribution in [0.4, 0.5) is 10.1 Å². The zero-order chi connectivity index (χ0) is 20.4. The molecule has 7 heteroatoms. The molecule has 0 aliphatic heterocycles. The molecule has 0 spiro atoms. The minimum absolute atomic E-state index is 0.179. The molecule has 0 aliphatic rings. The van der Waals surface area contributed by atoms with Crippen LogP contribution in [0.25, 0.3) is 28.6 Å². The van der Waals surface area contributed by atoms with E-state index in [0.29, 0.717) is 32.4 Å². The number of carbonyl (C=O) groups is 1. The van der Waals surface area contributed by atoms with E-state index in [1.807, 2.05) is 0 Å². The van der Waals surface area contributed by atoms with E-state index in [0.717, 1.165) is 0 Å². The summed E-state index contributed by atoms with van der Waals surface area (Å²) in [6.07, 6.45) is 2.96. The monoisotopic (exact) mass is 426 g/mol. The van der Waals surface area contributed by atoms with Crippen LogP contribution in [-0.2, 0) is 4.79 Å². The summed E-state index contributed by atoms with van der Waals surface area (Å²) in [5.41, 5.74) is 2.48. The molecule has 1 amide bonds. The average Bonchev–Trinajstić information content (AvgIpc) is 3.10. The van der Waals surface area contributed by atoms with Crippen LogP contribution in [0.2, 0.25) is 10.0 Å². The first-order valence-corrected chi connectivity index (χ1v) is 9.35. The molecule has 3 aromatic carbocycles. The maximum atomic E-state index is 13.9. The van der Waals surface area contributed by atoms with E-state index in [-0.39, 0.29) is 17.4 Å². The third kappa shape index (κ3) is 4.31. The van der Waals surface area contributed by atoms with E-state index >= 15 is 0 Å². The summed E-state index contributed by atoms with van der Waals surface area (Å²) in [5.74, 6) is -0.578. The molecule has 1 heterocycles. The molecule has 4 nitrogen and oxygen atoms in total. The molecule has 0 saturated heterocycles. The standard InChI is InChI=1S/C22H13Cl2FN2O2/c23-14-7-5-13(17(24)11-14)6-10-21(28)26-15-8-9-20-19(12-15)27-22(29-20)16-3-1-2-4-18(16)25/h1-12H,(H,26,28)/b10-6-. The van der Waals surface area contributed by atoms with Crippen LogP contribution in [0.5, 0.6) is 0 Å². The van der Waals surface area contributed by atoms with Crippen LogP contribution in [0.15, 0.2) is 71.2 Å². The third-order valence-electron chi connectivity index (χ3n) is 4.14. The molecule has 0 unspecified atom stereocenters. The molecule has 0 saturated carbocycles. The summed E-state index contributed by atoms with van der Waals surface area (Å²) >= 11 is 12.0. The Bertz CT molecular complexity index is 1250. The molecule has 0 atom stereocenters. The number of benzene rings is 3. The van der Waals surface area contributed by atoms with Gasteiger partial charge < -0.3 is 9.73 Å². The van der Waals surface area contributed by atoms with Gasteiger partial charge in [0.05, 0.1) is 5.56 Å². The minimum Gasteiger partial charge on any atom is -0.436 e. The van der Waals surface area contributed by atoms with E-state index in [9.17, 15) is 9.18 Å². The Balaban J connectivity index is 1.53. The van der Waals surface area contributed by atoms with Crippen molar-refractivity contribution in [2.45, 2.75) is 0 Å². The maximum absolute atomic E-state index is 13.9. The van der Waals surface area contributed by atoms with Crippen molar-refractivity contribution in [2.24, 2.45) is 0 Å². The van der Waals surface area contributed by atoms with E-state index in [4.69, 9.17) is 27.6 Å². The number of aromatic nitrogens is 1. The number of anilines is 1. The molecule has 1 N–H and O–H groups in total. The van der Waals surface area contributed by atoms with Gasteiger partial charge in [0.15, 0.2) is 5.58 Å². The maximum Gasteiger partial charge on any atom is 0.248 e. The summed E-state index contributed by atoms with van der Waals surface area (Å²) in [4.78, 5) is 16.5. The number of rotatable bonds is 4. The molecule has 1 aromatic heterocycles. The number of hydrogen-bond acceptors (Lipinski definition) is 3.